The van der Waals surface area contributed by atoms with Crippen molar-refractivity contribution in [2.24, 2.45) is 0 Å². The third-order valence-electron chi connectivity index (χ3n) is 4.45. The molecule has 6 heteroatoms. The molecular weight excluding hydrogens is 342 g/mol. The molecule has 0 bridgehead atoms. The first-order valence-electron chi connectivity index (χ1n) is 8.19. The van der Waals surface area contributed by atoms with Crippen LogP contribution < -0.4 is 5.56 Å². The van der Waals surface area contributed by atoms with Crippen molar-refractivity contribution in [3.63, 3.8) is 0 Å². The van der Waals surface area contributed by atoms with Gasteiger partial charge in [-0.1, -0.05) is 30.2 Å². The summed E-state index contributed by atoms with van der Waals surface area (Å²) in [6, 6.07) is 7.57. The maximum atomic E-state index is 12.6. The van der Waals surface area contributed by atoms with Gasteiger partial charge < -0.3 is 4.98 Å². The Labute approximate surface area is 149 Å². The predicted molar refractivity (Wildman–Crippen MR) is 99.8 cm³/mol. The minimum atomic E-state index is -0.0664. The van der Waals surface area contributed by atoms with Crippen LogP contribution in [0.2, 0.25) is 5.02 Å². The molecule has 3 heterocycles. The summed E-state index contributed by atoms with van der Waals surface area (Å²) in [5.41, 5.74) is 1.78. The lowest BCUT2D eigenvalue weighted by Gasteiger charge is -2.25. The molecule has 1 fully saturated rings. The van der Waals surface area contributed by atoms with E-state index in [2.05, 4.69) is 14.9 Å². The van der Waals surface area contributed by atoms with Crippen LogP contribution in [0.5, 0.6) is 0 Å². The second-order valence-corrected chi connectivity index (χ2v) is 7.48. The summed E-state index contributed by atoms with van der Waals surface area (Å²) in [5, 5.41) is 3.31. The molecule has 124 valence electrons. The van der Waals surface area contributed by atoms with Crippen LogP contribution in [0.15, 0.2) is 34.4 Å². The lowest BCUT2D eigenvalue weighted by atomic mass is 10.1. The summed E-state index contributed by atoms with van der Waals surface area (Å²) in [6.07, 6.45) is 3.75. The van der Waals surface area contributed by atoms with Crippen LogP contribution in [0.4, 0.5) is 0 Å². The predicted octanol–water partition coefficient (Wildman–Crippen LogP) is 4.29. The van der Waals surface area contributed by atoms with Gasteiger partial charge in [0.1, 0.15) is 10.7 Å². The van der Waals surface area contributed by atoms with Crippen molar-refractivity contribution in [3.05, 3.63) is 50.8 Å². The largest absolute Gasteiger partial charge is 0.309 e. The number of rotatable bonds is 3. The van der Waals surface area contributed by atoms with Gasteiger partial charge in [0.05, 0.1) is 11.9 Å². The van der Waals surface area contributed by atoms with Gasteiger partial charge in [0, 0.05) is 16.0 Å². The fourth-order valence-electron chi connectivity index (χ4n) is 3.27. The van der Waals surface area contributed by atoms with E-state index in [1.165, 1.54) is 30.6 Å². The number of hydrogen-bond acceptors (Lipinski definition) is 4. The highest BCUT2D eigenvalue weighted by Crippen LogP contribution is 2.32. The number of nitrogens with one attached hydrogen (secondary N) is 1. The van der Waals surface area contributed by atoms with Crippen molar-refractivity contribution < 1.29 is 0 Å². The maximum Gasteiger partial charge on any atom is 0.260 e. The Bertz CT molecular complexity index is 927. The quantitative estimate of drug-likeness (QED) is 0.758. The molecule has 1 N–H and O–H groups in total. The molecule has 0 amide bonds. The zero-order chi connectivity index (χ0) is 16.5. The van der Waals surface area contributed by atoms with Crippen molar-refractivity contribution in [2.45, 2.75) is 25.8 Å². The molecule has 1 aliphatic heterocycles. The van der Waals surface area contributed by atoms with Gasteiger partial charge in [-0.2, -0.15) is 0 Å². The molecule has 0 radical (unpaired) electrons. The first-order valence-corrected chi connectivity index (χ1v) is 9.45. The summed E-state index contributed by atoms with van der Waals surface area (Å²) in [6.45, 7) is 2.88. The number of thiophene rings is 1. The van der Waals surface area contributed by atoms with Crippen LogP contribution in [0.3, 0.4) is 0 Å². The van der Waals surface area contributed by atoms with Crippen LogP contribution in [-0.2, 0) is 6.54 Å². The van der Waals surface area contributed by atoms with Gasteiger partial charge in [-0.25, -0.2) is 4.98 Å². The van der Waals surface area contributed by atoms with Gasteiger partial charge in [-0.3, -0.25) is 9.69 Å². The Morgan fingerprint density at radius 2 is 2.08 bits per heavy atom. The van der Waals surface area contributed by atoms with E-state index < -0.39 is 0 Å². The van der Waals surface area contributed by atoms with E-state index in [-0.39, 0.29) is 5.56 Å². The maximum absolute atomic E-state index is 12.6. The highest BCUT2D eigenvalue weighted by atomic mass is 35.5. The van der Waals surface area contributed by atoms with Gasteiger partial charge in [0.15, 0.2) is 0 Å². The molecule has 3 aromatic rings. The number of likely N-dealkylation sites (tertiary alicyclic amines) is 1. The van der Waals surface area contributed by atoms with Crippen molar-refractivity contribution in [3.8, 4) is 11.1 Å². The smallest absolute Gasteiger partial charge is 0.260 e. The van der Waals surface area contributed by atoms with Crippen LogP contribution in [0.1, 0.15) is 25.1 Å². The molecule has 0 atom stereocenters. The number of aromatic nitrogens is 2. The van der Waals surface area contributed by atoms with Gasteiger partial charge in [-0.15, -0.1) is 11.3 Å². The Kier molecular flexibility index (Phi) is 4.39. The number of halogens is 1. The molecule has 4 nitrogen and oxygen atoms in total. The van der Waals surface area contributed by atoms with Crippen molar-refractivity contribution in [1.82, 2.24) is 14.9 Å². The van der Waals surface area contributed by atoms with Gasteiger partial charge in [-0.05, 0) is 43.6 Å². The zero-order valence-electron chi connectivity index (χ0n) is 13.2. The third-order valence-corrected chi connectivity index (χ3v) is 5.56. The zero-order valence-corrected chi connectivity index (χ0v) is 14.8. The van der Waals surface area contributed by atoms with E-state index >= 15 is 0 Å². The molecule has 24 heavy (non-hydrogen) atoms. The molecule has 1 aromatic carbocycles. The molecule has 4 rings (SSSR count). The fourth-order valence-corrected chi connectivity index (χ4v) is 4.42. The summed E-state index contributed by atoms with van der Waals surface area (Å²) < 4.78 is 0. The summed E-state index contributed by atoms with van der Waals surface area (Å²) in [7, 11) is 0. The molecule has 1 aliphatic rings. The number of fused-ring (bicyclic) bond motifs is 1. The number of hydrogen-bond donors (Lipinski definition) is 1. The number of benzene rings is 1. The average Bonchev–Trinajstić information content (AvgIpc) is 3.00. The topological polar surface area (TPSA) is 49.0 Å². The van der Waals surface area contributed by atoms with Crippen molar-refractivity contribution in [2.75, 3.05) is 13.1 Å². The molecule has 0 aliphatic carbocycles. The monoisotopic (exact) mass is 359 g/mol. The van der Waals surface area contributed by atoms with E-state index in [0.717, 1.165) is 41.4 Å². The minimum absolute atomic E-state index is 0.0664. The first-order chi connectivity index (χ1) is 11.7. The molecular formula is C18H18ClN3OS. The SMILES string of the molecule is O=c1[nH]c(CN2CCCCC2)nc2scc(-c3cccc(Cl)c3)c12. The average molecular weight is 360 g/mol. The van der Waals surface area contributed by atoms with Gasteiger partial charge in [0.2, 0.25) is 0 Å². The van der Waals surface area contributed by atoms with Gasteiger partial charge in [0.25, 0.3) is 5.56 Å². The minimum Gasteiger partial charge on any atom is -0.309 e. The lowest BCUT2D eigenvalue weighted by molar-refractivity contribution is 0.216. The van der Waals surface area contributed by atoms with Crippen molar-refractivity contribution in [1.29, 1.82) is 0 Å². The normalized spacial score (nSPS) is 15.9. The molecule has 2 aromatic heterocycles. The number of piperidine rings is 1. The summed E-state index contributed by atoms with van der Waals surface area (Å²) in [4.78, 5) is 23.5. The highest BCUT2D eigenvalue weighted by molar-refractivity contribution is 7.17. The summed E-state index contributed by atoms with van der Waals surface area (Å²) in [5.74, 6) is 0.758. The lowest BCUT2D eigenvalue weighted by Crippen LogP contribution is -2.30. The van der Waals surface area contributed by atoms with Crippen molar-refractivity contribution >= 4 is 33.2 Å². The van der Waals surface area contributed by atoms with Crippen LogP contribution in [-0.4, -0.2) is 28.0 Å². The molecule has 1 saturated heterocycles. The van der Waals surface area contributed by atoms with Crippen LogP contribution in [0.25, 0.3) is 21.3 Å². The van der Waals surface area contributed by atoms with Crippen LogP contribution >= 0.6 is 22.9 Å². The second-order valence-electron chi connectivity index (χ2n) is 6.19. The third kappa shape index (κ3) is 3.11. The van der Waals surface area contributed by atoms with E-state index in [1.54, 1.807) is 0 Å². The summed E-state index contributed by atoms with van der Waals surface area (Å²) >= 11 is 7.60. The highest BCUT2D eigenvalue weighted by Gasteiger charge is 2.16. The molecule has 0 spiro atoms. The number of H-pyrrole nitrogens is 1. The Hall–Kier alpha value is -1.69. The fraction of sp³-hybridized carbons (Fsp3) is 0.333. The Morgan fingerprint density at radius 1 is 1.25 bits per heavy atom. The van der Waals surface area contributed by atoms with E-state index in [9.17, 15) is 4.79 Å². The first kappa shape index (κ1) is 15.8. The van der Waals surface area contributed by atoms with E-state index in [0.29, 0.717) is 10.4 Å². The van der Waals surface area contributed by atoms with Crippen LogP contribution in [0, 0.1) is 0 Å². The Balaban J connectivity index is 1.71. The second kappa shape index (κ2) is 6.67. The molecule has 0 saturated carbocycles. The van der Waals surface area contributed by atoms with Gasteiger partial charge >= 0.3 is 0 Å². The molecule has 0 unspecified atom stereocenters. The number of aromatic amines is 1. The Morgan fingerprint density at radius 3 is 2.88 bits per heavy atom. The van der Waals surface area contributed by atoms with E-state index in [4.69, 9.17) is 11.6 Å². The number of nitrogens with zero attached hydrogens (tertiary/aromatic N) is 2. The van der Waals surface area contributed by atoms with E-state index in [1.807, 2.05) is 29.6 Å². The standard InChI is InChI=1S/C18H18ClN3OS/c19-13-6-4-5-12(9-13)14-11-24-18-16(14)17(23)20-15(21-18)10-22-7-2-1-3-8-22/h4-6,9,11H,1-3,7-8,10H2,(H,20,21,23).